The van der Waals surface area contributed by atoms with Crippen molar-refractivity contribution >= 4 is 22.4 Å². The fraction of sp³-hybridized carbons (Fsp3) is 0.391. The molecule has 1 aromatic heterocycles. The maximum absolute atomic E-state index is 15.3. The van der Waals surface area contributed by atoms with E-state index >= 15 is 4.39 Å². The van der Waals surface area contributed by atoms with Crippen LogP contribution in [0, 0.1) is 23.6 Å². The Balaban J connectivity index is 1.43. The van der Waals surface area contributed by atoms with Crippen LogP contribution in [0.4, 0.5) is 10.1 Å². The van der Waals surface area contributed by atoms with E-state index in [0.29, 0.717) is 36.1 Å². The summed E-state index contributed by atoms with van der Waals surface area (Å²) in [4.78, 5) is 4.30. The van der Waals surface area contributed by atoms with E-state index < -0.39 is 0 Å². The van der Waals surface area contributed by atoms with Gasteiger partial charge in [0.15, 0.2) is 0 Å². The molecule has 2 aliphatic carbocycles. The molecule has 3 aromatic rings. The van der Waals surface area contributed by atoms with Gasteiger partial charge in [-0.05, 0) is 72.8 Å². The fourth-order valence-corrected chi connectivity index (χ4v) is 6.79. The highest BCUT2D eigenvalue weighted by Gasteiger charge is 2.54. The van der Waals surface area contributed by atoms with Gasteiger partial charge in [-0.15, -0.1) is 0 Å². The normalized spacial score (nSPS) is 31.3. The second-order valence-electron chi connectivity index (χ2n) is 9.15. The van der Waals surface area contributed by atoms with Gasteiger partial charge in [0, 0.05) is 27.8 Å². The summed E-state index contributed by atoms with van der Waals surface area (Å²) in [5.41, 5.74) is 12.2. The second-order valence-corrected chi connectivity index (χ2v) is 9.15. The molecule has 4 N–H and O–H groups in total. The van der Waals surface area contributed by atoms with Crippen LogP contribution in [0.25, 0.3) is 10.9 Å². The van der Waals surface area contributed by atoms with Crippen LogP contribution in [0.2, 0.25) is 0 Å². The Morgan fingerprint density at radius 3 is 2.97 bits per heavy atom. The first-order chi connectivity index (χ1) is 14.2. The number of nitrogens with zero attached hydrogens (tertiary/aromatic N) is 2. The van der Waals surface area contributed by atoms with E-state index in [0.717, 1.165) is 33.3 Å². The Labute approximate surface area is 167 Å². The van der Waals surface area contributed by atoms with Crippen molar-refractivity contribution < 1.29 is 4.39 Å². The van der Waals surface area contributed by atoms with Crippen molar-refractivity contribution in [2.45, 2.75) is 37.8 Å². The number of nitrogens with two attached hydrogens (primary N) is 1. The van der Waals surface area contributed by atoms with E-state index in [1.54, 1.807) is 6.07 Å². The molecule has 2 aliphatic heterocycles. The number of hydrogen-bond acceptors (Lipinski definition) is 4. The van der Waals surface area contributed by atoms with Gasteiger partial charge in [-0.25, -0.2) is 4.39 Å². The average molecular weight is 387 g/mol. The Morgan fingerprint density at radius 2 is 2.03 bits per heavy atom. The highest BCUT2D eigenvalue weighted by Crippen LogP contribution is 2.64. The third-order valence-electron chi connectivity index (χ3n) is 7.92. The molecule has 5 nitrogen and oxygen atoms in total. The molecule has 29 heavy (non-hydrogen) atoms. The summed E-state index contributed by atoms with van der Waals surface area (Å²) in [5.74, 6) is 2.53. The molecule has 2 bridgehead atoms. The number of anilines is 1. The monoisotopic (exact) mass is 387 g/mol. The van der Waals surface area contributed by atoms with Crippen LogP contribution in [0.15, 0.2) is 35.5 Å². The molecule has 5 atom stereocenters. The molecular weight excluding hydrogens is 365 g/mol. The Bertz CT molecular complexity index is 1210. The number of fused-ring (bicyclic) bond motifs is 10. The fourth-order valence-electron chi connectivity index (χ4n) is 6.79. The van der Waals surface area contributed by atoms with Crippen molar-refractivity contribution in [3.63, 3.8) is 0 Å². The van der Waals surface area contributed by atoms with Crippen LogP contribution in [0.5, 0.6) is 0 Å². The number of nitrogens with one attached hydrogen (secondary N) is 2. The molecule has 0 spiro atoms. The van der Waals surface area contributed by atoms with Crippen molar-refractivity contribution in [2.24, 2.45) is 28.5 Å². The molecule has 4 aliphatic rings. The molecule has 0 radical (unpaired) electrons. The zero-order chi connectivity index (χ0) is 19.3. The van der Waals surface area contributed by atoms with Crippen LogP contribution in [-0.2, 0) is 6.54 Å². The number of aromatic amines is 1. The Hall–Kier alpha value is -2.89. The lowest BCUT2D eigenvalue weighted by molar-refractivity contribution is 0.246. The van der Waals surface area contributed by atoms with Crippen molar-refractivity contribution in [3.05, 3.63) is 58.5 Å². The van der Waals surface area contributed by atoms with Crippen molar-refractivity contribution in [1.82, 2.24) is 10.2 Å². The molecule has 7 rings (SSSR count). The molecule has 3 heterocycles. The largest absolute Gasteiger partial charge is 0.383 e. The van der Waals surface area contributed by atoms with E-state index in [1.807, 2.05) is 12.3 Å². The van der Waals surface area contributed by atoms with Gasteiger partial charge in [-0.3, -0.25) is 10.1 Å². The number of rotatable bonds is 1. The maximum atomic E-state index is 15.3. The summed E-state index contributed by atoms with van der Waals surface area (Å²) in [6.45, 7) is 0.480. The van der Waals surface area contributed by atoms with E-state index in [-0.39, 0.29) is 11.9 Å². The van der Waals surface area contributed by atoms with E-state index in [1.165, 1.54) is 24.8 Å². The number of H-pyrrole nitrogens is 1. The number of benzene rings is 2. The summed E-state index contributed by atoms with van der Waals surface area (Å²) in [6, 6.07) is 7.80. The van der Waals surface area contributed by atoms with Crippen LogP contribution < -0.4 is 11.1 Å². The van der Waals surface area contributed by atoms with Crippen LogP contribution >= 0.6 is 0 Å². The lowest BCUT2D eigenvalue weighted by Gasteiger charge is -2.43. The third-order valence-corrected chi connectivity index (χ3v) is 7.92. The van der Waals surface area contributed by atoms with Crippen LogP contribution in [0.3, 0.4) is 0 Å². The molecular formula is C23H22FN5. The molecule has 0 amide bonds. The van der Waals surface area contributed by atoms with Gasteiger partial charge in [0.1, 0.15) is 11.7 Å². The minimum Gasteiger partial charge on any atom is -0.383 e. The first-order valence-electron chi connectivity index (χ1n) is 10.5. The molecule has 146 valence electrons. The quantitative estimate of drug-likeness (QED) is 0.585. The molecule has 1 unspecified atom stereocenters. The van der Waals surface area contributed by atoms with Crippen molar-refractivity contribution in [2.75, 3.05) is 5.32 Å². The topological polar surface area (TPSA) is 79.1 Å². The van der Waals surface area contributed by atoms with E-state index in [9.17, 15) is 0 Å². The number of aliphatic imine (C=N–C) groups is 1. The van der Waals surface area contributed by atoms with Gasteiger partial charge < -0.3 is 11.1 Å². The average Bonchev–Trinajstić information content (AvgIpc) is 3.51. The molecule has 2 saturated carbocycles. The minimum absolute atomic E-state index is 0.0399. The van der Waals surface area contributed by atoms with Crippen LogP contribution in [-0.4, -0.2) is 16.0 Å². The highest BCUT2D eigenvalue weighted by molar-refractivity contribution is 6.01. The lowest BCUT2D eigenvalue weighted by Crippen LogP contribution is -2.36. The number of hydrogen-bond donors (Lipinski definition) is 3. The van der Waals surface area contributed by atoms with Gasteiger partial charge in [0.25, 0.3) is 0 Å². The lowest BCUT2D eigenvalue weighted by atomic mass is 9.67. The molecule has 2 aromatic carbocycles. The van der Waals surface area contributed by atoms with Crippen LogP contribution in [0.1, 0.15) is 53.5 Å². The standard InChI is InChI=1S/C23H22FN5/c24-16-6-13-8-26-23(25)14(13)7-15(16)22-19-11-2-1-10(5-11)18(19)20-17(28-22)4-3-12-9-27-29-21(12)20/h3-4,6-7,9-11,18-19,22,28H,1-2,5,8H2,(H2,25,26)(H,27,29)/t10-,11?,18+,19-,22+/m1/s1. The summed E-state index contributed by atoms with van der Waals surface area (Å²) < 4.78 is 15.3. The first-order valence-corrected chi connectivity index (χ1v) is 10.5. The van der Waals surface area contributed by atoms with E-state index in [2.05, 4.69) is 32.6 Å². The Morgan fingerprint density at radius 1 is 1.14 bits per heavy atom. The Kier molecular flexibility index (Phi) is 2.96. The van der Waals surface area contributed by atoms with Gasteiger partial charge in [0.05, 0.1) is 24.3 Å². The van der Waals surface area contributed by atoms with Gasteiger partial charge in [0.2, 0.25) is 0 Å². The van der Waals surface area contributed by atoms with Crippen molar-refractivity contribution in [1.29, 1.82) is 0 Å². The summed E-state index contributed by atoms with van der Waals surface area (Å²) >= 11 is 0. The van der Waals surface area contributed by atoms with E-state index in [4.69, 9.17) is 5.73 Å². The number of amidine groups is 1. The number of aromatic nitrogens is 2. The summed E-state index contributed by atoms with van der Waals surface area (Å²) in [6.07, 6.45) is 5.66. The van der Waals surface area contributed by atoms with Gasteiger partial charge >= 0.3 is 0 Å². The second kappa shape index (κ2) is 5.38. The predicted molar refractivity (Wildman–Crippen MR) is 110 cm³/mol. The molecule has 2 fully saturated rings. The number of halogens is 1. The predicted octanol–water partition coefficient (Wildman–Crippen LogP) is 4.22. The smallest absolute Gasteiger partial charge is 0.128 e. The van der Waals surface area contributed by atoms with Gasteiger partial charge in [-0.1, -0.05) is 0 Å². The zero-order valence-electron chi connectivity index (χ0n) is 16.0. The molecule has 6 heteroatoms. The minimum atomic E-state index is -0.140. The van der Waals surface area contributed by atoms with Gasteiger partial charge in [-0.2, -0.15) is 5.10 Å². The zero-order valence-corrected chi connectivity index (χ0v) is 16.0. The highest BCUT2D eigenvalue weighted by atomic mass is 19.1. The third kappa shape index (κ3) is 1.99. The maximum Gasteiger partial charge on any atom is 0.128 e. The van der Waals surface area contributed by atoms with Crippen molar-refractivity contribution in [3.8, 4) is 0 Å². The SMILES string of the molecule is NC1=NCc2cc(F)c([C@@H]3Nc4ccc5cn[nH]c5c4[C@H]4[C@@H]5CCC(C5)[C@H]43)cc21. The first kappa shape index (κ1) is 16.0. The summed E-state index contributed by atoms with van der Waals surface area (Å²) in [7, 11) is 0. The summed E-state index contributed by atoms with van der Waals surface area (Å²) in [5, 5.41) is 12.4. The molecule has 0 saturated heterocycles.